The number of rotatable bonds is 3. The summed E-state index contributed by atoms with van der Waals surface area (Å²) in [6, 6.07) is 8.28. The minimum Gasteiger partial charge on any atom is -0.355 e. The van der Waals surface area contributed by atoms with E-state index >= 15 is 0 Å². The Labute approximate surface area is 150 Å². The lowest BCUT2D eigenvalue weighted by Crippen LogP contribution is -2.39. The number of anilines is 2. The van der Waals surface area contributed by atoms with Gasteiger partial charge in [0, 0.05) is 25.0 Å². The highest BCUT2D eigenvalue weighted by Gasteiger charge is 2.33. The molecule has 1 fully saturated rings. The fourth-order valence-corrected chi connectivity index (χ4v) is 3.16. The molecule has 0 saturated carbocycles. The fourth-order valence-electron chi connectivity index (χ4n) is 3.16. The number of nitrogens with one attached hydrogen (secondary N) is 1. The minimum absolute atomic E-state index is 0.0591. The molecule has 7 heteroatoms. The van der Waals surface area contributed by atoms with E-state index in [9.17, 15) is 18.0 Å². The summed E-state index contributed by atoms with van der Waals surface area (Å²) < 4.78 is 39.4. The number of likely N-dealkylation sites (tertiary alicyclic amines) is 1. The van der Waals surface area contributed by atoms with Gasteiger partial charge in [0.25, 0.3) is 5.91 Å². The van der Waals surface area contributed by atoms with Crippen LogP contribution in [0, 0.1) is 5.92 Å². The van der Waals surface area contributed by atoms with Gasteiger partial charge < -0.3 is 10.2 Å². The first kappa shape index (κ1) is 18.2. The SMILES string of the molecule is CC1CCCN(C(=O)c2cc(Nc3ccccc3C(F)(F)F)ccn2)C1. The van der Waals surface area contributed by atoms with Crippen LogP contribution in [0.5, 0.6) is 0 Å². The summed E-state index contributed by atoms with van der Waals surface area (Å²) >= 11 is 0. The van der Waals surface area contributed by atoms with Gasteiger partial charge in [-0.2, -0.15) is 13.2 Å². The Kier molecular flexibility index (Phi) is 5.15. The Hall–Kier alpha value is -2.57. The van der Waals surface area contributed by atoms with E-state index in [1.54, 1.807) is 11.0 Å². The monoisotopic (exact) mass is 363 g/mol. The molecule has 1 unspecified atom stereocenters. The van der Waals surface area contributed by atoms with Gasteiger partial charge in [0.1, 0.15) is 5.69 Å². The third-order valence-electron chi connectivity index (χ3n) is 4.43. The van der Waals surface area contributed by atoms with Crippen LogP contribution in [0.1, 0.15) is 35.8 Å². The highest BCUT2D eigenvalue weighted by Crippen LogP contribution is 2.35. The average Bonchev–Trinajstić information content (AvgIpc) is 2.61. The van der Waals surface area contributed by atoms with Crippen molar-refractivity contribution in [3.8, 4) is 0 Å². The van der Waals surface area contributed by atoms with Gasteiger partial charge in [-0.3, -0.25) is 9.78 Å². The molecule has 2 aromatic rings. The van der Waals surface area contributed by atoms with Crippen molar-refractivity contribution in [1.82, 2.24) is 9.88 Å². The molecule has 1 saturated heterocycles. The lowest BCUT2D eigenvalue weighted by atomic mass is 10.00. The molecular weight excluding hydrogens is 343 g/mol. The standard InChI is InChI=1S/C19H20F3N3O/c1-13-5-4-10-25(12-13)18(26)17-11-14(8-9-23-17)24-16-7-3-2-6-15(16)19(20,21)22/h2-3,6-9,11,13H,4-5,10,12H2,1H3,(H,23,24). The summed E-state index contributed by atoms with van der Waals surface area (Å²) in [7, 11) is 0. The molecule has 1 N–H and O–H groups in total. The molecule has 26 heavy (non-hydrogen) atoms. The fraction of sp³-hybridized carbons (Fsp3) is 0.368. The van der Waals surface area contributed by atoms with E-state index in [4.69, 9.17) is 0 Å². The summed E-state index contributed by atoms with van der Waals surface area (Å²) in [5, 5.41) is 2.76. The number of carbonyl (C=O) groups is 1. The van der Waals surface area contributed by atoms with Crippen molar-refractivity contribution >= 4 is 17.3 Å². The quantitative estimate of drug-likeness (QED) is 0.859. The molecule has 3 rings (SSSR count). The summed E-state index contributed by atoms with van der Waals surface area (Å²) in [5.74, 6) is 0.247. The molecule has 0 spiro atoms. The molecule has 0 aliphatic carbocycles. The number of aromatic nitrogens is 1. The summed E-state index contributed by atoms with van der Waals surface area (Å²) in [6.45, 7) is 3.45. The molecule has 0 bridgehead atoms. The molecule has 1 aromatic carbocycles. The van der Waals surface area contributed by atoms with Crippen LogP contribution in [0.2, 0.25) is 0 Å². The van der Waals surface area contributed by atoms with Crippen LogP contribution < -0.4 is 5.32 Å². The minimum atomic E-state index is -4.46. The lowest BCUT2D eigenvalue weighted by Gasteiger charge is -2.30. The smallest absolute Gasteiger partial charge is 0.355 e. The number of benzene rings is 1. The number of carbonyl (C=O) groups excluding carboxylic acids is 1. The largest absolute Gasteiger partial charge is 0.418 e. The molecular formula is C19H20F3N3O. The van der Waals surface area contributed by atoms with Gasteiger partial charge in [0.05, 0.1) is 11.3 Å². The Morgan fingerprint density at radius 2 is 2.04 bits per heavy atom. The van der Waals surface area contributed by atoms with Gasteiger partial charge >= 0.3 is 6.18 Å². The molecule has 4 nitrogen and oxygen atoms in total. The average molecular weight is 363 g/mol. The number of hydrogen-bond acceptors (Lipinski definition) is 3. The van der Waals surface area contributed by atoms with Crippen molar-refractivity contribution < 1.29 is 18.0 Å². The summed E-state index contributed by atoms with van der Waals surface area (Å²) in [6.07, 6.45) is -0.991. The van der Waals surface area contributed by atoms with E-state index in [1.165, 1.54) is 30.5 Å². The van der Waals surface area contributed by atoms with Gasteiger partial charge in [-0.15, -0.1) is 0 Å². The highest BCUT2D eigenvalue weighted by molar-refractivity contribution is 5.93. The normalized spacial score (nSPS) is 17.8. The number of para-hydroxylation sites is 1. The van der Waals surface area contributed by atoms with Crippen molar-refractivity contribution in [1.29, 1.82) is 0 Å². The van der Waals surface area contributed by atoms with Gasteiger partial charge in [0.2, 0.25) is 0 Å². The third kappa shape index (κ3) is 4.15. The maximum atomic E-state index is 13.1. The van der Waals surface area contributed by atoms with Crippen molar-refractivity contribution in [2.75, 3.05) is 18.4 Å². The molecule has 1 amide bonds. The van der Waals surface area contributed by atoms with Crippen molar-refractivity contribution in [2.45, 2.75) is 25.9 Å². The van der Waals surface area contributed by atoms with Crippen LogP contribution in [-0.2, 0) is 6.18 Å². The van der Waals surface area contributed by atoms with E-state index < -0.39 is 11.7 Å². The Balaban J connectivity index is 1.81. The van der Waals surface area contributed by atoms with E-state index in [2.05, 4.69) is 17.2 Å². The van der Waals surface area contributed by atoms with Crippen LogP contribution in [0.25, 0.3) is 0 Å². The number of halogens is 3. The van der Waals surface area contributed by atoms with Crippen molar-refractivity contribution in [2.24, 2.45) is 5.92 Å². The first-order valence-electron chi connectivity index (χ1n) is 8.53. The lowest BCUT2D eigenvalue weighted by molar-refractivity contribution is -0.136. The summed E-state index contributed by atoms with van der Waals surface area (Å²) in [4.78, 5) is 18.5. The Bertz CT molecular complexity index is 792. The second-order valence-electron chi connectivity index (χ2n) is 6.60. The number of hydrogen-bond donors (Lipinski definition) is 1. The molecule has 2 heterocycles. The molecule has 138 valence electrons. The highest BCUT2D eigenvalue weighted by atomic mass is 19.4. The van der Waals surface area contributed by atoms with Gasteiger partial charge in [-0.25, -0.2) is 0 Å². The van der Waals surface area contributed by atoms with Crippen LogP contribution in [-0.4, -0.2) is 28.9 Å². The van der Waals surface area contributed by atoms with Crippen LogP contribution in [0.15, 0.2) is 42.6 Å². The number of piperidine rings is 1. The first-order chi connectivity index (χ1) is 12.3. The first-order valence-corrected chi connectivity index (χ1v) is 8.53. The van der Waals surface area contributed by atoms with Crippen LogP contribution >= 0.6 is 0 Å². The van der Waals surface area contributed by atoms with E-state index in [0.29, 0.717) is 24.7 Å². The molecule has 1 atom stereocenters. The molecule has 1 aromatic heterocycles. The van der Waals surface area contributed by atoms with Gasteiger partial charge in [0.15, 0.2) is 0 Å². The topological polar surface area (TPSA) is 45.2 Å². The van der Waals surface area contributed by atoms with Crippen LogP contribution in [0.4, 0.5) is 24.5 Å². The Morgan fingerprint density at radius 1 is 1.27 bits per heavy atom. The second kappa shape index (κ2) is 7.35. The summed E-state index contributed by atoms with van der Waals surface area (Å²) in [5.41, 5.74) is -0.190. The number of alkyl halides is 3. The second-order valence-corrected chi connectivity index (χ2v) is 6.60. The molecule has 1 aliphatic heterocycles. The van der Waals surface area contributed by atoms with Crippen molar-refractivity contribution in [3.63, 3.8) is 0 Å². The van der Waals surface area contributed by atoms with E-state index in [1.807, 2.05) is 0 Å². The zero-order valence-electron chi connectivity index (χ0n) is 14.4. The molecule has 0 radical (unpaired) electrons. The third-order valence-corrected chi connectivity index (χ3v) is 4.43. The number of amides is 1. The predicted molar refractivity (Wildman–Crippen MR) is 93.3 cm³/mol. The number of pyridine rings is 1. The van der Waals surface area contributed by atoms with Gasteiger partial charge in [-0.05, 0) is 43.0 Å². The van der Waals surface area contributed by atoms with Crippen molar-refractivity contribution in [3.05, 3.63) is 53.9 Å². The maximum Gasteiger partial charge on any atom is 0.418 e. The zero-order valence-corrected chi connectivity index (χ0v) is 14.4. The van der Waals surface area contributed by atoms with E-state index in [-0.39, 0.29) is 17.3 Å². The number of nitrogens with zero attached hydrogens (tertiary/aromatic N) is 2. The Morgan fingerprint density at radius 3 is 2.77 bits per heavy atom. The predicted octanol–water partition coefficient (Wildman–Crippen LogP) is 4.72. The van der Waals surface area contributed by atoms with Gasteiger partial charge in [-0.1, -0.05) is 19.1 Å². The molecule has 1 aliphatic rings. The zero-order chi connectivity index (χ0) is 18.7. The maximum absolute atomic E-state index is 13.1. The van der Waals surface area contributed by atoms with Crippen LogP contribution in [0.3, 0.4) is 0 Å². The van der Waals surface area contributed by atoms with E-state index in [0.717, 1.165) is 18.9 Å².